The summed E-state index contributed by atoms with van der Waals surface area (Å²) in [6.07, 6.45) is 0. The fourth-order valence-electron chi connectivity index (χ4n) is 1.52. The normalized spacial score (nSPS) is 12.4. The van der Waals surface area contributed by atoms with Gasteiger partial charge in [0.05, 0.1) is 17.0 Å². The number of benzene rings is 1. The lowest BCUT2D eigenvalue weighted by molar-refractivity contribution is 0.455. The van der Waals surface area contributed by atoms with Crippen molar-refractivity contribution in [3.05, 3.63) is 45.9 Å². The Hall–Kier alpha value is -1.57. The Balaban J connectivity index is 1.79. The lowest BCUT2D eigenvalue weighted by atomic mass is 10.2. The van der Waals surface area contributed by atoms with Crippen molar-refractivity contribution in [3.63, 3.8) is 0 Å². The second-order valence-electron chi connectivity index (χ2n) is 3.85. The van der Waals surface area contributed by atoms with Crippen LogP contribution in [-0.4, -0.2) is 19.4 Å². The number of nitrogens with zero attached hydrogens (tertiary/aromatic N) is 3. The Bertz CT molecular complexity index is 726. The van der Waals surface area contributed by atoms with Gasteiger partial charge < -0.3 is 4.42 Å². The Morgan fingerprint density at radius 3 is 2.75 bits per heavy atom. The molecule has 102 valence electrons. The molecule has 1 atom stereocenters. The minimum absolute atomic E-state index is 0.1000. The van der Waals surface area contributed by atoms with Gasteiger partial charge >= 0.3 is 5.22 Å². The Labute approximate surface area is 126 Å². The average Bonchev–Trinajstić information content (AvgIpc) is 3.10. The summed E-state index contributed by atoms with van der Waals surface area (Å²) >= 11 is 7.27. The molecule has 3 aromatic rings. The first kappa shape index (κ1) is 13.4. The van der Waals surface area contributed by atoms with Crippen LogP contribution in [0.15, 0.2) is 44.8 Å². The molecular formula is C12H8ClN3O2S2. The van der Waals surface area contributed by atoms with Crippen LogP contribution in [0.2, 0.25) is 5.02 Å². The highest BCUT2D eigenvalue weighted by Gasteiger charge is 2.15. The third kappa shape index (κ3) is 2.95. The third-order valence-corrected chi connectivity index (χ3v) is 4.45. The number of hydrogen-bond donors (Lipinski definition) is 0. The molecule has 8 heteroatoms. The minimum Gasteiger partial charge on any atom is -0.409 e. The van der Waals surface area contributed by atoms with Gasteiger partial charge in [-0.25, -0.2) is 9.19 Å². The summed E-state index contributed by atoms with van der Waals surface area (Å²) in [6.45, 7) is 0. The minimum atomic E-state index is -1.39. The number of rotatable bonds is 4. The van der Waals surface area contributed by atoms with Gasteiger partial charge in [0.25, 0.3) is 0 Å². The van der Waals surface area contributed by atoms with E-state index in [1.165, 1.54) is 11.3 Å². The van der Waals surface area contributed by atoms with E-state index in [2.05, 4.69) is 15.2 Å². The monoisotopic (exact) mass is 325 g/mol. The summed E-state index contributed by atoms with van der Waals surface area (Å²) < 4.78 is 17.5. The zero-order valence-corrected chi connectivity index (χ0v) is 12.4. The molecule has 0 fully saturated rings. The molecule has 0 saturated carbocycles. The fraction of sp³-hybridized carbons (Fsp3) is 0.0833. The van der Waals surface area contributed by atoms with Gasteiger partial charge in [0, 0.05) is 16.0 Å². The lowest BCUT2D eigenvalue weighted by Crippen LogP contribution is -1.96. The van der Waals surface area contributed by atoms with Crippen LogP contribution >= 0.6 is 22.9 Å². The summed E-state index contributed by atoms with van der Waals surface area (Å²) in [5.74, 6) is 0.592. The van der Waals surface area contributed by atoms with E-state index < -0.39 is 10.8 Å². The largest absolute Gasteiger partial charge is 0.409 e. The zero-order chi connectivity index (χ0) is 13.9. The van der Waals surface area contributed by atoms with Crippen molar-refractivity contribution in [2.45, 2.75) is 11.0 Å². The standard InChI is InChI=1S/C12H8ClN3O2S2/c13-9-3-1-8(2-4-9)11-15-16-12(18-11)20(17)6-10-5-19-7-14-10/h1-5,7H,6H2. The number of halogens is 1. The van der Waals surface area contributed by atoms with Crippen LogP contribution in [0.4, 0.5) is 0 Å². The van der Waals surface area contributed by atoms with Crippen molar-refractivity contribution < 1.29 is 8.63 Å². The molecular weight excluding hydrogens is 318 g/mol. The molecule has 1 unspecified atom stereocenters. The predicted octanol–water partition coefficient (Wildman–Crippen LogP) is 3.15. The van der Waals surface area contributed by atoms with Crippen molar-refractivity contribution in [1.29, 1.82) is 0 Å². The molecule has 0 saturated heterocycles. The first-order chi connectivity index (χ1) is 9.72. The summed E-state index contributed by atoms with van der Waals surface area (Å²) in [5.41, 5.74) is 3.18. The van der Waals surface area contributed by atoms with E-state index in [4.69, 9.17) is 16.0 Å². The van der Waals surface area contributed by atoms with E-state index in [-0.39, 0.29) is 11.0 Å². The zero-order valence-electron chi connectivity index (χ0n) is 10.0. The molecule has 2 aromatic heterocycles. The van der Waals surface area contributed by atoms with Crippen LogP contribution in [0.1, 0.15) is 5.69 Å². The summed E-state index contributed by atoms with van der Waals surface area (Å²) in [7, 11) is -1.39. The molecule has 0 radical (unpaired) electrons. The third-order valence-electron chi connectivity index (χ3n) is 2.45. The molecule has 0 aliphatic heterocycles. The summed E-state index contributed by atoms with van der Waals surface area (Å²) in [5, 5.41) is 10.3. The van der Waals surface area contributed by atoms with Crippen LogP contribution in [-0.2, 0) is 16.6 Å². The Morgan fingerprint density at radius 1 is 1.25 bits per heavy atom. The van der Waals surface area contributed by atoms with Crippen LogP contribution in [0.5, 0.6) is 0 Å². The highest BCUT2D eigenvalue weighted by Crippen LogP contribution is 2.21. The first-order valence-electron chi connectivity index (χ1n) is 5.57. The van der Waals surface area contributed by atoms with Crippen molar-refractivity contribution in [3.8, 4) is 11.5 Å². The maximum Gasteiger partial charge on any atom is 0.308 e. The van der Waals surface area contributed by atoms with Gasteiger partial charge in [-0.05, 0) is 24.3 Å². The van der Waals surface area contributed by atoms with E-state index in [0.717, 1.165) is 11.3 Å². The predicted molar refractivity (Wildman–Crippen MR) is 77.0 cm³/mol. The van der Waals surface area contributed by atoms with Crippen LogP contribution in [0.3, 0.4) is 0 Å². The second kappa shape index (κ2) is 5.82. The Morgan fingerprint density at radius 2 is 2.05 bits per heavy atom. The van der Waals surface area contributed by atoms with Gasteiger partial charge in [-0.1, -0.05) is 16.7 Å². The molecule has 1 aromatic carbocycles. The van der Waals surface area contributed by atoms with Gasteiger partial charge in [-0.2, -0.15) is 0 Å². The molecule has 0 aliphatic carbocycles. The van der Waals surface area contributed by atoms with Crippen LogP contribution in [0, 0.1) is 0 Å². The molecule has 0 aliphatic rings. The van der Waals surface area contributed by atoms with Gasteiger partial charge in [0.2, 0.25) is 5.89 Å². The van der Waals surface area contributed by atoms with Crippen molar-refractivity contribution >= 4 is 33.7 Å². The molecule has 2 heterocycles. The lowest BCUT2D eigenvalue weighted by Gasteiger charge is -1.95. The molecule has 5 nitrogen and oxygen atoms in total. The smallest absolute Gasteiger partial charge is 0.308 e. The van der Waals surface area contributed by atoms with Gasteiger partial charge in [-0.3, -0.25) is 0 Å². The van der Waals surface area contributed by atoms with Gasteiger partial charge in [0.1, 0.15) is 10.8 Å². The average molecular weight is 326 g/mol. The number of hydrogen-bond acceptors (Lipinski definition) is 6. The van der Waals surface area contributed by atoms with Crippen molar-refractivity contribution in [2.24, 2.45) is 0 Å². The summed E-state index contributed by atoms with van der Waals surface area (Å²) in [6, 6.07) is 6.99. The maximum atomic E-state index is 12.1. The van der Waals surface area contributed by atoms with Crippen LogP contribution in [0.25, 0.3) is 11.5 Å². The highest BCUT2D eigenvalue weighted by molar-refractivity contribution is 7.84. The molecule has 0 N–H and O–H groups in total. The number of thiazole rings is 1. The van der Waals surface area contributed by atoms with Gasteiger partial charge in [-0.15, -0.1) is 16.4 Å². The molecule has 0 spiro atoms. The SMILES string of the molecule is O=S(Cc1cscn1)c1nnc(-c2ccc(Cl)cc2)o1. The van der Waals surface area contributed by atoms with E-state index >= 15 is 0 Å². The quantitative estimate of drug-likeness (QED) is 0.737. The number of aromatic nitrogens is 3. The molecule has 20 heavy (non-hydrogen) atoms. The van der Waals surface area contributed by atoms with Gasteiger partial charge in [0.15, 0.2) is 0 Å². The molecule has 0 amide bonds. The van der Waals surface area contributed by atoms with E-state index in [0.29, 0.717) is 10.9 Å². The topological polar surface area (TPSA) is 68.9 Å². The molecule has 0 bridgehead atoms. The first-order valence-corrected chi connectivity index (χ1v) is 8.21. The van der Waals surface area contributed by atoms with E-state index in [1.54, 1.807) is 29.8 Å². The molecule has 3 rings (SSSR count). The van der Waals surface area contributed by atoms with Crippen molar-refractivity contribution in [1.82, 2.24) is 15.2 Å². The van der Waals surface area contributed by atoms with E-state index in [9.17, 15) is 4.21 Å². The second-order valence-corrected chi connectivity index (χ2v) is 6.33. The Kier molecular flexibility index (Phi) is 3.90. The van der Waals surface area contributed by atoms with Crippen LogP contribution < -0.4 is 0 Å². The maximum absolute atomic E-state index is 12.1. The van der Waals surface area contributed by atoms with E-state index in [1.807, 2.05) is 5.38 Å². The fourth-order valence-corrected chi connectivity index (χ4v) is 3.16. The highest BCUT2D eigenvalue weighted by atomic mass is 35.5. The van der Waals surface area contributed by atoms with Crippen molar-refractivity contribution in [2.75, 3.05) is 0 Å². The summed E-state index contributed by atoms with van der Waals surface area (Å²) in [4.78, 5) is 4.08.